The molecule has 0 atom stereocenters. The number of nitrogens with one attached hydrogen (secondary N) is 2. The van der Waals surface area contributed by atoms with Crippen molar-refractivity contribution in [1.82, 2.24) is 25.6 Å². The molecule has 0 amide bonds. The minimum Gasteiger partial charge on any atom is -0.436 e. The number of para-hydroxylation sites is 2. The van der Waals surface area contributed by atoms with Gasteiger partial charge in [0, 0.05) is 11.9 Å². The number of halogens is 1. The van der Waals surface area contributed by atoms with Gasteiger partial charge in [-0.05, 0) is 35.5 Å². The molecule has 0 aliphatic rings. The number of nitrogens with zero attached hydrogens (tertiary/aromatic N) is 5. The van der Waals surface area contributed by atoms with Crippen molar-refractivity contribution in [3.63, 3.8) is 0 Å². The van der Waals surface area contributed by atoms with E-state index in [-0.39, 0.29) is 22.9 Å². The first-order valence-electron chi connectivity index (χ1n) is 7.51. The van der Waals surface area contributed by atoms with Crippen LogP contribution in [0, 0.1) is 17.1 Å². The highest BCUT2D eigenvalue weighted by Crippen LogP contribution is 2.28. The minimum absolute atomic E-state index is 0.154. The second-order valence-corrected chi connectivity index (χ2v) is 5.23. The molecule has 2 aromatic heterocycles. The molecule has 0 aliphatic carbocycles. The average molecular weight is 347 g/mol. The number of hydrogen-bond donors (Lipinski definition) is 2. The average Bonchev–Trinajstić information content (AvgIpc) is 3.33. The first-order valence-corrected chi connectivity index (χ1v) is 7.51. The number of aromatic nitrogens is 5. The van der Waals surface area contributed by atoms with Crippen LogP contribution in [-0.4, -0.2) is 25.6 Å². The summed E-state index contributed by atoms with van der Waals surface area (Å²) in [6.07, 6.45) is 1.41. The van der Waals surface area contributed by atoms with E-state index >= 15 is 0 Å². The molecule has 2 aromatic carbocycles. The topological polar surface area (TPSA) is 116 Å². The van der Waals surface area contributed by atoms with E-state index in [1.807, 2.05) is 18.2 Å². The third-order valence-corrected chi connectivity index (χ3v) is 3.58. The van der Waals surface area contributed by atoms with Crippen LogP contribution in [0.2, 0.25) is 0 Å². The van der Waals surface area contributed by atoms with Crippen LogP contribution in [0.5, 0.6) is 0 Å². The Morgan fingerprint density at radius 1 is 1.27 bits per heavy atom. The standard InChI is InChI=1S/C17H10FN7O/c18-13-6-5-11(20-9-10(8-19)16-22-24-25-23-16)7-12(13)17-21-14-3-1-2-4-15(14)26-17/h1-7,9,20H,(H,22,23,24,25). The van der Waals surface area contributed by atoms with E-state index in [1.54, 1.807) is 18.2 Å². The number of H-pyrrole nitrogens is 1. The Labute approximate surface area is 146 Å². The van der Waals surface area contributed by atoms with E-state index in [9.17, 15) is 4.39 Å². The van der Waals surface area contributed by atoms with Crippen molar-refractivity contribution < 1.29 is 8.81 Å². The Morgan fingerprint density at radius 2 is 2.15 bits per heavy atom. The number of benzene rings is 2. The fourth-order valence-electron chi connectivity index (χ4n) is 2.34. The van der Waals surface area contributed by atoms with Crippen LogP contribution in [0.25, 0.3) is 28.1 Å². The molecule has 9 heteroatoms. The van der Waals surface area contributed by atoms with Crippen LogP contribution >= 0.6 is 0 Å². The zero-order valence-corrected chi connectivity index (χ0v) is 13.1. The van der Waals surface area contributed by atoms with Gasteiger partial charge in [0.15, 0.2) is 5.58 Å². The number of hydrogen-bond acceptors (Lipinski definition) is 7. The van der Waals surface area contributed by atoms with Gasteiger partial charge in [-0.25, -0.2) is 9.37 Å². The molecule has 0 spiro atoms. The van der Waals surface area contributed by atoms with Gasteiger partial charge < -0.3 is 9.73 Å². The Hall–Kier alpha value is -4.06. The number of allylic oxidation sites excluding steroid dienone is 1. The maximum absolute atomic E-state index is 14.2. The first-order chi connectivity index (χ1) is 12.7. The Kier molecular flexibility index (Phi) is 3.83. The summed E-state index contributed by atoms with van der Waals surface area (Å²) < 4.78 is 19.9. The molecule has 0 unspecified atom stereocenters. The van der Waals surface area contributed by atoms with E-state index in [4.69, 9.17) is 9.68 Å². The SMILES string of the molecule is N#CC(=CNc1ccc(F)c(-c2nc3ccccc3o2)c1)c1nn[nH]n1. The van der Waals surface area contributed by atoms with Gasteiger partial charge in [-0.3, -0.25) is 0 Å². The lowest BCUT2D eigenvalue weighted by Gasteiger charge is -2.04. The Bertz CT molecular complexity index is 1110. The summed E-state index contributed by atoms with van der Waals surface area (Å²) in [7, 11) is 0. The lowest BCUT2D eigenvalue weighted by Crippen LogP contribution is -1.94. The largest absolute Gasteiger partial charge is 0.436 e. The molecule has 0 fully saturated rings. The van der Waals surface area contributed by atoms with Gasteiger partial charge in [0.1, 0.15) is 23.0 Å². The summed E-state index contributed by atoms with van der Waals surface area (Å²) >= 11 is 0. The molecule has 26 heavy (non-hydrogen) atoms. The quantitative estimate of drug-likeness (QED) is 0.545. The Morgan fingerprint density at radius 3 is 2.92 bits per heavy atom. The molecule has 8 nitrogen and oxygen atoms in total. The Balaban J connectivity index is 1.67. The molecule has 4 aromatic rings. The highest BCUT2D eigenvalue weighted by molar-refractivity contribution is 5.77. The van der Waals surface area contributed by atoms with Crippen molar-refractivity contribution in [2.75, 3.05) is 5.32 Å². The van der Waals surface area contributed by atoms with E-state index in [0.29, 0.717) is 16.8 Å². The fourth-order valence-corrected chi connectivity index (χ4v) is 2.34. The number of aromatic amines is 1. The van der Waals surface area contributed by atoms with Crippen molar-refractivity contribution >= 4 is 22.4 Å². The number of oxazole rings is 1. The molecule has 2 N–H and O–H groups in total. The maximum atomic E-state index is 14.2. The van der Waals surface area contributed by atoms with Gasteiger partial charge in [-0.2, -0.15) is 10.5 Å². The van der Waals surface area contributed by atoms with Gasteiger partial charge in [0.05, 0.1) is 5.56 Å². The fraction of sp³-hybridized carbons (Fsp3) is 0. The molecule has 0 saturated carbocycles. The van der Waals surface area contributed by atoms with Crippen LogP contribution < -0.4 is 5.32 Å². The van der Waals surface area contributed by atoms with Gasteiger partial charge in [0.2, 0.25) is 11.7 Å². The third-order valence-electron chi connectivity index (χ3n) is 3.58. The van der Waals surface area contributed by atoms with E-state index in [0.717, 1.165) is 0 Å². The normalized spacial score (nSPS) is 11.5. The number of nitriles is 1. The van der Waals surface area contributed by atoms with E-state index < -0.39 is 5.82 Å². The van der Waals surface area contributed by atoms with Crippen molar-refractivity contribution in [2.24, 2.45) is 0 Å². The number of tetrazole rings is 1. The van der Waals surface area contributed by atoms with Crippen molar-refractivity contribution in [1.29, 1.82) is 5.26 Å². The van der Waals surface area contributed by atoms with E-state index in [1.165, 1.54) is 18.3 Å². The molecule has 0 bridgehead atoms. The van der Waals surface area contributed by atoms with Crippen LogP contribution in [0.4, 0.5) is 10.1 Å². The second kappa shape index (κ2) is 6.45. The van der Waals surface area contributed by atoms with Gasteiger partial charge in [-0.15, -0.1) is 10.2 Å². The number of fused-ring (bicyclic) bond motifs is 1. The molecule has 126 valence electrons. The van der Waals surface area contributed by atoms with Gasteiger partial charge in [-0.1, -0.05) is 12.1 Å². The maximum Gasteiger partial charge on any atom is 0.230 e. The summed E-state index contributed by atoms with van der Waals surface area (Å²) in [4.78, 5) is 4.30. The van der Waals surface area contributed by atoms with Crippen LogP contribution in [0.1, 0.15) is 5.82 Å². The summed E-state index contributed by atoms with van der Waals surface area (Å²) in [6.45, 7) is 0. The molecule has 2 heterocycles. The smallest absolute Gasteiger partial charge is 0.230 e. The van der Waals surface area contributed by atoms with Crippen molar-refractivity contribution in [3.05, 3.63) is 60.3 Å². The molecule has 0 saturated heterocycles. The molecular formula is C17H10FN7O. The highest BCUT2D eigenvalue weighted by Gasteiger charge is 2.13. The molecule has 0 aliphatic heterocycles. The summed E-state index contributed by atoms with van der Waals surface area (Å²) in [6, 6.07) is 13.5. The lowest BCUT2D eigenvalue weighted by atomic mass is 10.2. The molecule has 4 rings (SSSR count). The second-order valence-electron chi connectivity index (χ2n) is 5.23. The number of rotatable bonds is 4. The van der Waals surface area contributed by atoms with Crippen LogP contribution in [0.3, 0.4) is 0 Å². The zero-order chi connectivity index (χ0) is 17.9. The summed E-state index contributed by atoms with van der Waals surface area (Å²) in [5.41, 5.74) is 2.14. The lowest BCUT2D eigenvalue weighted by molar-refractivity contribution is 0.594. The van der Waals surface area contributed by atoms with Crippen LogP contribution in [-0.2, 0) is 0 Å². The minimum atomic E-state index is -0.468. The summed E-state index contributed by atoms with van der Waals surface area (Å²) in [5.74, 6) is -0.138. The monoisotopic (exact) mass is 347 g/mol. The highest BCUT2D eigenvalue weighted by atomic mass is 19.1. The number of anilines is 1. The predicted molar refractivity (Wildman–Crippen MR) is 90.8 cm³/mol. The van der Waals surface area contributed by atoms with E-state index in [2.05, 4.69) is 30.9 Å². The van der Waals surface area contributed by atoms with Crippen molar-refractivity contribution in [3.8, 4) is 17.5 Å². The third kappa shape index (κ3) is 2.87. The molecular weight excluding hydrogens is 337 g/mol. The zero-order valence-electron chi connectivity index (χ0n) is 13.1. The van der Waals surface area contributed by atoms with Gasteiger partial charge >= 0.3 is 0 Å². The molecule has 0 radical (unpaired) electrons. The van der Waals surface area contributed by atoms with Crippen molar-refractivity contribution in [2.45, 2.75) is 0 Å². The van der Waals surface area contributed by atoms with Gasteiger partial charge in [0.25, 0.3) is 0 Å². The first kappa shape index (κ1) is 15.5. The van der Waals surface area contributed by atoms with Crippen LogP contribution in [0.15, 0.2) is 53.1 Å². The summed E-state index contributed by atoms with van der Waals surface area (Å²) in [5, 5.41) is 25.2. The predicted octanol–water partition coefficient (Wildman–Crippen LogP) is 3.12.